The van der Waals surface area contributed by atoms with E-state index in [1.165, 1.54) is 6.92 Å². The van der Waals surface area contributed by atoms with Gasteiger partial charge in [-0.3, -0.25) is 4.79 Å². The third-order valence-corrected chi connectivity index (χ3v) is 5.48. The van der Waals surface area contributed by atoms with Crippen LogP contribution in [0, 0.1) is 0 Å². The second kappa shape index (κ2) is 8.32. The second-order valence-electron chi connectivity index (χ2n) is 7.25. The minimum Gasteiger partial charge on any atom is -0.404 e. The van der Waals surface area contributed by atoms with Crippen molar-refractivity contribution in [1.82, 2.24) is 20.0 Å². The monoisotopic (exact) mass is 499 g/mol. The van der Waals surface area contributed by atoms with Crippen LogP contribution in [0.15, 0.2) is 30.6 Å². The number of nitrogens with two attached hydrogens (primary N) is 1. The van der Waals surface area contributed by atoms with Crippen LogP contribution in [0.2, 0.25) is 5.02 Å². The first-order valence-electron chi connectivity index (χ1n) is 9.17. The van der Waals surface area contributed by atoms with Crippen molar-refractivity contribution in [2.24, 2.45) is 5.73 Å². The van der Waals surface area contributed by atoms with Crippen LogP contribution in [0.3, 0.4) is 0 Å². The van der Waals surface area contributed by atoms with Crippen LogP contribution < -0.4 is 15.8 Å². The quantitative estimate of drug-likeness (QED) is 0.630. The summed E-state index contributed by atoms with van der Waals surface area (Å²) in [7, 11) is 0. The Bertz CT molecular complexity index is 1070. The minimum atomic E-state index is -5.05. The van der Waals surface area contributed by atoms with Gasteiger partial charge in [0, 0.05) is 30.8 Å². The molecule has 1 aromatic heterocycles. The maximum atomic E-state index is 13.2. The van der Waals surface area contributed by atoms with Gasteiger partial charge in [-0.2, -0.15) is 9.78 Å². The summed E-state index contributed by atoms with van der Waals surface area (Å²) >= 11 is 5.93. The molecular formula is C18H16ClF6N5O3. The Morgan fingerprint density at radius 1 is 1.27 bits per heavy atom. The Balaban J connectivity index is 2.20. The van der Waals surface area contributed by atoms with E-state index in [-0.39, 0.29) is 28.9 Å². The number of rotatable bonds is 4. The van der Waals surface area contributed by atoms with E-state index >= 15 is 0 Å². The molecule has 1 aliphatic rings. The average molecular weight is 500 g/mol. The van der Waals surface area contributed by atoms with E-state index in [0.717, 1.165) is 29.3 Å². The van der Waals surface area contributed by atoms with Crippen molar-refractivity contribution >= 4 is 23.5 Å². The average Bonchev–Trinajstić information content (AvgIpc) is 3.15. The molecule has 0 spiro atoms. The zero-order valence-electron chi connectivity index (χ0n) is 16.7. The molecule has 2 aromatic rings. The normalized spacial score (nSPS) is 20.4. The highest BCUT2D eigenvalue weighted by atomic mass is 35.5. The van der Waals surface area contributed by atoms with Gasteiger partial charge in [0.1, 0.15) is 11.3 Å². The van der Waals surface area contributed by atoms with Crippen molar-refractivity contribution in [3.05, 3.63) is 46.7 Å². The number of alkyl halides is 6. The van der Waals surface area contributed by atoms with Crippen molar-refractivity contribution in [2.75, 3.05) is 13.1 Å². The van der Waals surface area contributed by atoms with Gasteiger partial charge < -0.3 is 20.7 Å². The summed E-state index contributed by atoms with van der Waals surface area (Å²) in [4.78, 5) is 26.0. The van der Waals surface area contributed by atoms with E-state index in [1.807, 2.05) is 0 Å². The minimum absolute atomic E-state index is 0.0158. The number of carbonyl (C=O) groups excluding carboxylic acids is 2. The summed E-state index contributed by atoms with van der Waals surface area (Å²) in [5.41, 5.74) is 3.40. The van der Waals surface area contributed by atoms with E-state index in [1.54, 1.807) is 0 Å². The van der Waals surface area contributed by atoms with Crippen molar-refractivity contribution in [3.63, 3.8) is 0 Å². The van der Waals surface area contributed by atoms with Gasteiger partial charge in [0.05, 0.1) is 11.2 Å². The van der Waals surface area contributed by atoms with Crippen LogP contribution in [0.4, 0.5) is 31.1 Å². The summed E-state index contributed by atoms with van der Waals surface area (Å²) < 4.78 is 80.7. The number of nitrogens with one attached hydrogen (secondary N) is 1. The lowest BCUT2D eigenvalue weighted by Gasteiger charge is -2.47. The molecule has 180 valence electrons. The molecule has 1 aromatic carbocycles. The number of urea groups is 1. The Hall–Kier alpha value is -3.16. The summed E-state index contributed by atoms with van der Waals surface area (Å²) in [6, 6.07) is 1.92. The van der Waals surface area contributed by atoms with Crippen LogP contribution in [-0.4, -0.2) is 51.6 Å². The molecule has 1 unspecified atom stereocenters. The van der Waals surface area contributed by atoms with Gasteiger partial charge in [0.25, 0.3) is 0 Å². The molecule has 15 heteroatoms. The molecule has 3 amide bonds. The van der Waals surface area contributed by atoms with Crippen LogP contribution in [0.25, 0.3) is 0 Å². The molecule has 1 fully saturated rings. The fraction of sp³-hybridized carbons (Fsp3) is 0.389. The first kappa shape index (κ1) is 24.5. The number of ether oxygens (including phenoxy) is 1. The van der Waals surface area contributed by atoms with Crippen molar-refractivity contribution in [3.8, 4) is 5.75 Å². The lowest BCUT2D eigenvalue weighted by atomic mass is 9.74. The number of hydrogen-bond acceptors (Lipinski definition) is 4. The zero-order chi connectivity index (χ0) is 24.8. The number of hydrogen-bond donors (Lipinski definition) is 2. The Kier molecular flexibility index (Phi) is 6.17. The standard InChI is InChI=1S/C18H16ClF6N5O3/c1-16(14(31)27-4-5-29(16)15(26)32)13(10-7-28-30(8-10)17(20,21)22)9-2-3-12(11(19)6-9)33-18(23,24)25/h2-3,6-8,13H,4-5H2,1H3,(H2,26,32)(H,27,31)/t13-,16?/m1/s1. The highest BCUT2D eigenvalue weighted by Gasteiger charge is 2.52. The van der Waals surface area contributed by atoms with E-state index < -0.39 is 46.8 Å². The number of aromatic nitrogens is 2. The molecule has 2 heterocycles. The maximum absolute atomic E-state index is 13.2. The van der Waals surface area contributed by atoms with Gasteiger partial charge in [0.2, 0.25) is 5.91 Å². The smallest absolute Gasteiger partial charge is 0.404 e. The first-order chi connectivity index (χ1) is 15.1. The van der Waals surface area contributed by atoms with E-state index in [4.69, 9.17) is 17.3 Å². The summed E-state index contributed by atoms with van der Waals surface area (Å²) in [6.45, 7) is 1.24. The van der Waals surface area contributed by atoms with Crippen LogP contribution in [0.5, 0.6) is 5.75 Å². The number of piperazine rings is 1. The topological polar surface area (TPSA) is 102 Å². The molecular weight excluding hydrogens is 484 g/mol. The van der Waals surface area contributed by atoms with Crippen LogP contribution >= 0.6 is 11.6 Å². The number of nitrogens with zero attached hydrogens (tertiary/aromatic N) is 3. The summed E-state index contributed by atoms with van der Waals surface area (Å²) in [6.07, 6.45) is -8.50. The fourth-order valence-electron chi connectivity index (χ4n) is 3.81. The molecule has 0 saturated carbocycles. The molecule has 0 bridgehead atoms. The summed E-state index contributed by atoms with van der Waals surface area (Å²) in [5.74, 6) is -2.86. The van der Waals surface area contributed by atoms with Gasteiger partial charge in [-0.15, -0.1) is 26.3 Å². The largest absolute Gasteiger partial charge is 0.573 e. The zero-order valence-corrected chi connectivity index (χ0v) is 17.4. The summed E-state index contributed by atoms with van der Waals surface area (Å²) in [5, 5.41) is 5.26. The Morgan fingerprint density at radius 3 is 2.45 bits per heavy atom. The van der Waals surface area contributed by atoms with E-state index in [0.29, 0.717) is 6.20 Å². The molecule has 33 heavy (non-hydrogen) atoms. The number of halogens is 7. The van der Waals surface area contributed by atoms with Gasteiger partial charge in [-0.1, -0.05) is 17.7 Å². The second-order valence-corrected chi connectivity index (χ2v) is 7.66. The van der Waals surface area contributed by atoms with E-state index in [9.17, 15) is 35.9 Å². The molecule has 3 N–H and O–H groups in total. The number of benzene rings is 1. The molecule has 3 rings (SSSR count). The predicted octanol–water partition coefficient (Wildman–Crippen LogP) is 3.31. The van der Waals surface area contributed by atoms with Crippen molar-refractivity contribution < 1.29 is 40.7 Å². The highest BCUT2D eigenvalue weighted by Crippen LogP contribution is 2.43. The number of carbonyl (C=O) groups is 2. The molecule has 1 saturated heterocycles. The molecule has 8 nitrogen and oxygen atoms in total. The maximum Gasteiger partial charge on any atom is 0.573 e. The van der Waals surface area contributed by atoms with Gasteiger partial charge in [0.15, 0.2) is 0 Å². The van der Waals surface area contributed by atoms with Gasteiger partial charge in [-0.25, -0.2) is 4.79 Å². The lowest BCUT2D eigenvalue weighted by molar-refractivity contribution is -0.274. The first-order valence-corrected chi connectivity index (χ1v) is 9.54. The lowest BCUT2D eigenvalue weighted by Crippen LogP contribution is -2.68. The Labute approximate surface area is 187 Å². The molecule has 2 atom stereocenters. The Morgan fingerprint density at radius 2 is 1.94 bits per heavy atom. The van der Waals surface area contributed by atoms with Crippen molar-refractivity contribution in [2.45, 2.75) is 31.0 Å². The molecule has 1 aliphatic heterocycles. The third kappa shape index (κ3) is 4.79. The molecule has 0 radical (unpaired) electrons. The fourth-order valence-corrected chi connectivity index (χ4v) is 4.04. The highest BCUT2D eigenvalue weighted by molar-refractivity contribution is 6.32. The molecule has 0 aliphatic carbocycles. The number of primary amides is 1. The van der Waals surface area contributed by atoms with Gasteiger partial charge >= 0.3 is 18.7 Å². The van der Waals surface area contributed by atoms with E-state index in [2.05, 4.69) is 15.2 Å². The predicted molar refractivity (Wildman–Crippen MR) is 101 cm³/mol. The third-order valence-electron chi connectivity index (χ3n) is 5.18. The van der Waals surface area contributed by atoms with Gasteiger partial charge in [-0.05, 0) is 24.6 Å². The SMILES string of the molecule is CC1([C@H](c2ccc(OC(F)(F)F)c(Cl)c2)c2cnn(C(F)(F)F)c2)C(=O)NCCN1C(N)=O. The van der Waals surface area contributed by atoms with Crippen LogP contribution in [0.1, 0.15) is 24.0 Å². The van der Waals surface area contributed by atoms with Crippen molar-refractivity contribution in [1.29, 1.82) is 0 Å². The van der Waals surface area contributed by atoms with Crippen LogP contribution in [-0.2, 0) is 11.1 Å². The number of amides is 3.